The highest BCUT2D eigenvalue weighted by molar-refractivity contribution is 6.32. The second-order valence-corrected chi connectivity index (χ2v) is 32.1. The molecule has 0 amide bonds. The van der Waals surface area contributed by atoms with E-state index in [1.807, 2.05) is 0 Å². The summed E-state index contributed by atoms with van der Waals surface area (Å²) in [6.07, 6.45) is 11.4. The first-order chi connectivity index (χ1) is 43.9. The average molecular weight is 1160 g/mol. The molecule has 10 aliphatic carbocycles. The van der Waals surface area contributed by atoms with Crippen LogP contribution in [0.25, 0.3) is 22.3 Å². The number of aromatic nitrogens is 1. The molecule has 90 heavy (non-hydrogen) atoms. The Morgan fingerprint density at radius 2 is 1.47 bits per heavy atom. The van der Waals surface area contributed by atoms with Crippen molar-refractivity contribution in [2.45, 2.75) is 115 Å². The molecule has 21 atom stereocenters. The van der Waals surface area contributed by atoms with Crippen molar-refractivity contribution < 1.29 is 0 Å². The molecule has 2 aromatic rings. The van der Waals surface area contributed by atoms with Crippen LogP contribution in [0.4, 0.5) is 11.5 Å². The van der Waals surface area contributed by atoms with Gasteiger partial charge in [-0.2, -0.15) is 0 Å². The van der Waals surface area contributed by atoms with Gasteiger partial charge in [-0.15, -0.1) is 0 Å². The third-order valence-electron chi connectivity index (χ3n) is 29.6. The Morgan fingerprint density at radius 3 is 2.37 bits per heavy atom. The number of amidine groups is 4. The van der Waals surface area contributed by atoms with Gasteiger partial charge >= 0.3 is 0 Å². The second-order valence-electron chi connectivity index (χ2n) is 32.1. The summed E-state index contributed by atoms with van der Waals surface area (Å²) in [5.41, 5.74) is 41.5. The smallest absolute Gasteiger partial charge is 0.161 e. The first-order valence-electron chi connectivity index (χ1n) is 34.1. The molecule has 1 aromatic carbocycles. The van der Waals surface area contributed by atoms with Crippen molar-refractivity contribution in [3.05, 3.63) is 183 Å². The number of pyridine rings is 1. The Hall–Kier alpha value is -8.58. The van der Waals surface area contributed by atoms with Crippen molar-refractivity contribution in [1.82, 2.24) is 19.7 Å². The summed E-state index contributed by atoms with van der Waals surface area (Å²) in [6, 6.07) is 0.192. The van der Waals surface area contributed by atoms with Crippen molar-refractivity contribution in [2.75, 3.05) is 0 Å². The van der Waals surface area contributed by atoms with Gasteiger partial charge in [0.05, 0.1) is 77.1 Å². The van der Waals surface area contributed by atoms with Crippen molar-refractivity contribution in [3.8, 4) is 0 Å². The minimum absolute atomic E-state index is 0.00486. The lowest BCUT2D eigenvalue weighted by atomic mass is 9.40. The van der Waals surface area contributed by atoms with Crippen LogP contribution in [0.3, 0.4) is 0 Å². The highest BCUT2D eigenvalue weighted by Gasteiger charge is 2.76. The first kappa shape index (κ1) is 44.8. The lowest BCUT2D eigenvalue weighted by molar-refractivity contribution is 0.00470. The number of fused-ring (bicyclic) bond motifs is 4. The number of benzene rings is 1. The van der Waals surface area contributed by atoms with Crippen LogP contribution in [0.5, 0.6) is 0 Å². The molecule has 430 valence electrons. The number of hydrogen-bond donors (Lipinski definition) is 0. The summed E-state index contributed by atoms with van der Waals surface area (Å²) in [5.74, 6) is 7.86. The number of nitrogens with zero attached hydrogens (tertiary/aromatic N) is 13. The largest absolute Gasteiger partial charge is 0.361 e. The summed E-state index contributed by atoms with van der Waals surface area (Å²) in [6.45, 7) is 32.7. The molecule has 0 N–H and O–H groups in total. The maximum absolute atomic E-state index is 6.25. The van der Waals surface area contributed by atoms with Gasteiger partial charge in [-0.25, -0.2) is 39.9 Å². The highest BCUT2D eigenvalue weighted by atomic mass is 15.3. The van der Waals surface area contributed by atoms with Crippen molar-refractivity contribution in [3.63, 3.8) is 0 Å². The van der Waals surface area contributed by atoms with Gasteiger partial charge in [0.1, 0.15) is 11.7 Å². The standard InChI is InChI=1S/C77H57N13/c1-18-12-29-20(3)22(5)80-72-43(29)40-28(18)14-27-15-35-47-62-39(27)61(40)75(85-72)87-76(62)86-74-63(47)58-54-52-50-41-31(66(54)84-74)17-78-32-10-11-88-67(44(32)41)59-57(50)71-56-51-46-34(83-73-64(51)49-38(25(8)81-73)26(9)89(35)70(58)55(49)53(52)56)16-33-45-48-36(24(7)79-33)19(2)13-30-37-21(4)23(6)82-77(88)65(37)60(59)68(42(30)48)90(71)69(45)46/h10-11,16,18-20,27-28,35-39,46,48-49,53,55-56,63,67-68,70-71H,4,6-7,9,12-15,17H2,1-3,5,8H3. The van der Waals surface area contributed by atoms with Gasteiger partial charge in [0, 0.05) is 131 Å². The third kappa shape index (κ3) is 3.91. The fourth-order valence-corrected chi connectivity index (χ4v) is 27.3. The zero-order valence-corrected chi connectivity index (χ0v) is 50.5. The number of allylic oxidation sites excluding steroid dienone is 7. The predicted octanol–water partition coefficient (Wildman–Crippen LogP) is 8.69. The fourth-order valence-electron chi connectivity index (χ4n) is 27.3. The van der Waals surface area contributed by atoms with E-state index >= 15 is 0 Å². The fraction of sp³-hybridized carbons (Fsp3) is 0.403. The minimum atomic E-state index is -0.114. The van der Waals surface area contributed by atoms with Crippen LogP contribution < -0.4 is 21.1 Å². The molecule has 16 aliphatic heterocycles. The van der Waals surface area contributed by atoms with Crippen LogP contribution in [-0.4, -0.2) is 96.1 Å². The SMILES string of the molecule is C=C1N=C2C3=C4C5=C6c7c8c9c(c%10c7=C7C(=NC%10)C=CN2C57)N=C2N=C5N=c7nc%10c%11c%12c7C7C5=C5C2C=9C2C9C%13C%14=C%15C%16C(=CC%17=NC(=C)C%18C(C)CC(=C%19C%18C%17=C%16N(C4%19)C6C%15C89)C3C1=C)N=C%14N=C(C)C%13C(=C)N2C5CC7CC%12C(C)CC=%11C(C)C(C)=N%10. The number of dihydropyridines is 2. The molecular weight excluding hydrogens is 1110 g/mol. The summed E-state index contributed by atoms with van der Waals surface area (Å²) in [4.78, 5) is 66.6. The Balaban J connectivity index is 0.828. The molecule has 0 bridgehead atoms. The normalized spacial score (nSPS) is 43.6. The van der Waals surface area contributed by atoms with E-state index in [1.165, 1.54) is 93.9 Å². The van der Waals surface area contributed by atoms with Crippen LogP contribution in [0.1, 0.15) is 106 Å². The van der Waals surface area contributed by atoms with E-state index in [0.29, 0.717) is 36.1 Å². The van der Waals surface area contributed by atoms with Crippen LogP contribution in [0.2, 0.25) is 0 Å². The van der Waals surface area contributed by atoms with Gasteiger partial charge < -0.3 is 14.7 Å². The zero-order chi connectivity index (χ0) is 58.1. The number of aliphatic imine (C=N–C) groups is 8. The van der Waals surface area contributed by atoms with Crippen molar-refractivity contribution >= 4 is 80.0 Å². The van der Waals surface area contributed by atoms with Crippen LogP contribution >= 0.6 is 0 Å². The number of rotatable bonds is 0. The number of hydrogen-bond acceptors (Lipinski definition) is 13. The first-order valence-corrected chi connectivity index (χ1v) is 34.1. The average Bonchev–Trinajstić information content (AvgIpc) is 0.622. The third-order valence-corrected chi connectivity index (χ3v) is 29.6. The van der Waals surface area contributed by atoms with Gasteiger partial charge in [0.15, 0.2) is 23.0 Å². The van der Waals surface area contributed by atoms with E-state index in [2.05, 4.69) is 67.7 Å². The summed E-state index contributed by atoms with van der Waals surface area (Å²) < 4.78 is 0. The monoisotopic (exact) mass is 1160 g/mol. The molecule has 1 aromatic heterocycles. The molecule has 0 saturated carbocycles. The van der Waals surface area contributed by atoms with E-state index in [4.69, 9.17) is 76.2 Å². The molecule has 0 radical (unpaired) electrons. The van der Waals surface area contributed by atoms with E-state index < -0.39 is 0 Å². The molecule has 17 heterocycles. The Labute approximate surface area is 517 Å². The summed E-state index contributed by atoms with van der Waals surface area (Å²) in [7, 11) is 0. The Bertz CT molecular complexity index is 5590. The molecule has 0 spiro atoms. The predicted molar refractivity (Wildman–Crippen MR) is 344 cm³/mol. The quantitative estimate of drug-likeness (QED) is 0.244. The van der Waals surface area contributed by atoms with Gasteiger partial charge in [-0.3, -0.25) is 9.98 Å². The minimum Gasteiger partial charge on any atom is -0.361 e. The Kier molecular flexibility index (Phi) is 6.41. The van der Waals surface area contributed by atoms with E-state index in [9.17, 15) is 0 Å². The molecule has 28 rings (SSSR count). The lowest BCUT2D eigenvalue weighted by Crippen LogP contribution is -2.75. The van der Waals surface area contributed by atoms with Crippen molar-refractivity contribution in [1.29, 1.82) is 0 Å². The summed E-state index contributed by atoms with van der Waals surface area (Å²) in [5, 5.41) is 4.19. The van der Waals surface area contributed by atoms with E-state index in [1.54, 1.807) is 39.0 Å². The molecule has 13 heteroatoms. The zero-order valence-electron chi connectivity index (χ0n) is 50.5. The lowest BCUT2D eigenvalue weighted by Gasteiger charge is -2.73. The maximum atomic E-state index is 6.25. The molecule has 3 saturated heterocycles. The molecule has 26 aliphatic rings. The van der Waals surface area contributed by atoms with Gasteiger partial charge in [-0.1, -0.05) is 58.2 Å². The molecule has 3 fully saturated rings. The molecule has 13 nitrogen and oxygen atoms in total. The molecule has 21 unspecified atom stereocenters. The van der Waals surface area contributed by atoms with Crippen LogP contribution in [0.15, 0.2) is 179 Å². The van der Waals surface area contributed by atoms with Gasteiger partial charge in [-0.05, 0) is 154 Å². The molecular formula is C77H57N13. The number of piperidine rings is 3. The summed E-state index contributed by atoms with van der Waals surface area (Å²) >= 11 is 0. The van der Waals surface area contributed by atoms with Gasteiger partial charge in [0.25, 0.3) is 0 Å². The van der Waals surface area contributed by atoms with E-state index in [0.717, 1.165) is 112 Å². The maximum Gasteiger partial charge on any atom is 0.161 e. The van der Waals surface area contributed by atoms with Gasteiger partial charge in [0.2, 0.25) is 0 Å². The second kappa shape index (κ2) is 12.9. The van der Waals surface area contributed by atoms with Crippen molar-refractivity contribution in [2.24, 2.45) is 122 Å². The van der Waals surface area contributed by atoms with Crippen LogP contribution in [-0.2, 0) is 6.54 Å². The highest BCUT2D eigenvalue weighted by Crippen LogP contribution is 2.77. The topological polar surface area (TPSA) is 134 Å². The van der Waals surface area contributed by atoms with E-state index in [-0.39, 0.29) is 95.3 Å². The van der Waals surface area contributed by atoms with Crippen LogP contribution in [0, 0.1) is 76.9 Å². The Morgan fingerprint density at radius 1 is 0.600 bits per heavy atom.